The zero-order valence-corrected chi connectivity index (χ0v) is 29.5. The molecule has 0 aromatic heterocycles. The molecule has 0 radical (unpaired) electrons. The minimum absolute atomic E-state index is 0. The van der Waals surface area contributed by atoms with E-state index in [-0.39, 0.29) is 25.1 Å². The highest BCUT2D eigenvalue weighted by Crippen LogP contribution is 2.39. The van der Waals surface area contributed by atoms with Crippen molar-refractivity contribution in [2.75, 3.05) is 0 Å². The van der Waals surface area contributed by atoms with Crippen molar-refractivity contribution in [3.63, 3.8) is 0 Å². The van der Waals surface area contributed by atoms with E-state index in [9.17, 15) is 32.8 Å². The van der Waals surface area contributed by atoms with Gasteiger partial charge in [0.2, 0.25) is 0 Å². The lowest BCUT2D eigenvalue weighted by Gasteiger charge is -2.33. The van der Waals surface area contributed by atoms with E-state index < -0.39 is 32.7 Å². The van der Waals surface area contributed by atoms with Crippen molar-refractivity contribution in [2.45, 2.75) is 199 Å². The van der Waals surface area contributed by atoms with Gasteiger partial charge in [0.25, 0.3) is 10.1 Å². The average Bonchev–Trinajstić information content (AvgIpc) is 2.92. The first-order valence-electron chi connectivity index (χ1n) is 17.6. The molecule has 0 fully saturated rings. The van der Waals surface area contributed by atoms with Crippen molar-refractivity contribution in [3.8, 4) is 0 Å². The average molecular weight is 653 g/mol. The van der Waals surface area contributed by atoms with E-state index in [2.05, 4.69) is 13.8 Å². The molecule has 0 aliphatic carbocycles. The van der Waals surface area contributed by atoms with Gasteiger partial charge in [-0.05, 0) is 12.8 Å². The second-order valence-electron chi connectivity index (χ2n) is 12.7. The Morgan fingerprint density at radius 2 is 0.727 bits per heavy atom. The van der Waals surface area contributed by atoms with Gasteiger partial charge in [-0.3, -0.25) is 14.1 Å². The molecule has 10 heteroatoms. The molecule has 266 valence electrons. The van der Waals surface area contributed by atoms with Crippen molar-refractivity contribution < 1.29 is 32.8 Å². The van der Waals surface area contributed by atoms with E-state index in [1.165, 1.54) is 103 Å². The van der Waals surface area contributed by atoms with Gasteiger partial charge in [-0.2, -0.15) is 8.42 Å². The maximum atomic E-state index is 12.5. The Labute approximate surface area is 271 Å². The van der Waals surface area contributed by atoms with E-state index in [1.807, 2.05) is 0 Å². The second kappa shape index (κ2) is 30.4. The quantitative estimate of drug-likeness (QED) is 0.0346. The van der Waals surface area contributed by atoms with Crippen LogP contribution >= 0.6 is 0 Å². The van der Waals surface area contributed by atoms with Gasteiger partial charge in [0, 0.05) is 0 Å². The summed E-state index contributed by atoms with van der Waals surface area (Å²) in [5.41, 5.74) is -2.02. The molecule has 9 N–H and O–H groups in total. The summed E-state index contributed by atoms with van der Waals surface area (Å²) in [6.07, 6.45) is 28.8. The lowest BCUT2D eigenvalue weighted by molar-refractivity contribution is -0.156. The predicted octanol–water partition coefficient (Wildman–Crippen LogP) is 10.7. The fourth-order valence-corrected chi connectivity index (χ4v) is 7.44. The third kappa shape index (κ3) is 23.2. The first kappa shape index (κ1) is 47.2. The van der Waals surface area contributed by atoms with Crippen LogP contribution in [0.3, 0.4) is 0 Å². The first-order chi connectivity index (χ1) is 20.1. The second-order valence-corrected chi connectivity index (χ2v) is 14.2. The SMILES string of the molecule is CCCCCCCCCCCCCCCC(CCCCCCCCCCCCCCC)(C(=O)O)C(C(=O)O)S(=O)(=O)O.N.N. The molecule has 0 heterocycles. The molecule has 0 spiro atoms. The van der Waals surface area contributed by atoms with Crippen molar-refractivity contribution in [2.24, 2.45) is 5.41 Å². The summed E-state index contributed by atoms with van der Waals surface area (Å²) >= 11 is 0. The number of carboxylic acids is 2. The monoisotopic (exact) mass is 653 g/mol. The van der Waals surface area contributed by atoms with Gasteiger partial charge < -0.3 is 22.5 Å². The molecular weight excluding hydrogens is 580 g/mol. The zero-order valence-electron chi connectivity index (χ0n) is 28.7. The molecule has 0 saturated carbocycles. The highest BCUT2D eigenvalue weighted by atomic mass is 32.2. The normalized spacial score (nSPS) is 12.3. The van der Waals surface area contributed by atoms with E-state index in [0.717, 1.165) is 51.4 Å². The van der Waals surface area contributed by atoms with Gasteiger partial charge in [0.15, 0.2) is 5.25 Å². The third-order valence-corrected chi connectivity index (χ3v) is 10.2. The van der Waals surface area contributed by atoms with Crippen molar-refractivity contribution in [3.05, 3.63) is 0 Å². The maximum absolute atomic E-state index is 12.5. The number of carboxylic acid groups (broad SMARTS) is 2. The standard InChI is InChI=1S/C34H66O7S.2H3N/c1-3-5-7-9-11-13-15-17-19-21-23-25-27-29-34(33(37)38,31(32(35)36)42(39,40)41)30-28-26-24-22-20-18-16-14-12-10-8-6-4-2;;/h31H,3-30H2,1-2H3,(H,35,36)(H,37,38)(H,39,40,41);2*1H3. The Morgan fingerprint density at radius 1 is 0.500 bits per heavy atom. The van der Waals surface area contributed by atoms with Crippen LogP contribution in [0.15, 0.2) is 0 Å². The fraction of sp³-hybridized carbons (Fsp3) is 0.941. The van der Waals surface area contributed by atoms with Crippen LogP contribution in [0, 0.1) is 5.41 Å². The van der Waals surface area contributed by atoms with Gasteiger partial charge in [-0.15, -0.1) is 0 Å². The fourth-order valence-electron chi connectivity index (χ4n) is 6.28. The summed E-state index contributed by atoms with van der Waals surface area (Å²) in [5, 5.41) is 17.5. The zero-order chi connectivity index (χ0) is 31.5. The summed E-state index contributed by atoms with van der Waals surface area (Å²) in [6.45, 7) is 4.45. The molecule has 0 aromatic carbocycles. The minimum Gasteiger partial charge on any atom is -0.481 e. The minimum atomic E-state index is -5.08. The molecule has 0 aromatic rings. The number of unbranched alkanes of at least 4 members (excludes halogenated alkanes) is 24. The van der Waals surface area contributed by atoms with Crippen LogP contribution in [0.5, 0.6) is 0 Å². The van der Waals surface area contributed by atoms with Crippen LogP contribution in [-0.2, 0) is 19.7 Å². The topological polar surface area (TPSA) is 199 Å². The molecule has 44 heavy (non-hydrogen) atoms. The number of hydrogen-bond acceptors (Lipinski definition) is 6. The molecule has 1 unspecified atom stereocenters. The van der Waals surface area contributed by atoms with Gasteiger partial charge in [-0.1, -0.05) is 181 Å². The maximum Gasteiger partial charge on any atom is 0.325 e. The van der Waals surface area contributed by atoms with Gasteiger partial charge in [0.05, 0.1) is 5.41 Å². The summed E-state index contributed by atoms with van der Waals surface area (Å²) in [4.78, 5) is 24.4. The van der Waals surface area contributed by atoms with Crippen LogP contribution in [0.25, 0.3) is 0 Å². The highest BCUT2D eigenvalue weighted by Gasteiger charge is 2.55. The molecule has 0 bridgehead atoms. The number of rotatable bonds is 32. The van der Waals surface area contributed by atoms with E-state index in [1.54, 1.807) is 0 Å². The highest BCUT2D eigenvalue weighted by molar-refractivity contribution is 7.87. The predicted molar refractivity (Wildman–Crippen MR) is 184 cm³/mol. The summed E-state index contributed by atoms with van der Waals surface area (Å²) in [5.74, 6) is -3.23. The lowest BCUT2D eigenvalue weighted by atomic mass is 9.74. The molecule has 1 atom stereocenters. The van der Waals surface area contributed by atoms with Crippen molar-refractivity contribution >= 4 is 22.1 Å². The number of carbonyl (C=O) groups is 2. The third-order valence-electron chi connectivity index (χ3n) is 8.90. The number of hydrogen-bond donors (Lipinski definition) is 5. The molecule has 0 aliphatic rings. The largest absolute Gasteiger partial charge is 0.481 e. The molecule has 0 aliphatic heterocycles. The summed E-state index contributed by atoms with van der Waals surface area (Å²) < 4.78 is 34.0. The van der Waals surface area contributed by atoms with E-state index >= 15 is 0 Å². The smallest absolute Gasteiger partial charge is 0.325 e. The van der Waals surface area contributed by atoms with Crippen molar-refractivity contribution in [1.29, 1.82) is 0 Å². The summed E-state index contributed by atoms with van der Waals surface area (Å²) in [7, 11) is -5.08. The Balaban J connectivity index is -0.00000840. The Hall–Kier alpha value is -1.23. The van der Waals surface area contributed by atoms with Crippen LogP contribution in [0.2, 0.25) is 0 Å². The van der Waals surface area contributed by atoms with Crippen LogP contribution in [0.1, 0.15) is 194 Å². The summed E-state index contributed by atoms with van der Waals surface area (Å²) in [6, 6.07) is 0. The van der Waals surface area contributed by atoms with Crippen LogP contribution in [0.4, 0.5) is 0 Å². The van der Waals surface area contributed by atoms with Gasteiger partial charge in [0.1, 0.15) is 0 Å². The van der Waals surface area contributed by atoms with Crippen molar-refractivity contribution in [1.82, 2.24) is 12.3 Å². The van der Waals surface area contributed by atoms with Crippen LogP contribution in [-0.4, -0.2) is 40.4 Å². The molecule has 0 rings (SSSR count). The van der Waals surface area contributed by atoms with Crippen LogP contribution < -0.4 is 12.3 Å². The molecule has 9 nitrogen and oxygen atoms in total. The van der Waals surface area contributed by atoms with E-state index in [0.29, 0.717) is 12.8 Å². The Bertz CT molecular complexity index is 748. The Morgan fingerprint density at radius 3 is 0.909 bits per heavy atom. The van der Waals surface area contributed by atoms with Gasteiger partial charge in [-0.25, -0.2) is 0 Å². The number of aliphatic carboxylic acids is 2. The Kier molecular flexibility index (Phi) is 32.6. The van der Waals surface area contributed by atoms with E-state index in [4.69, 9.17) is 0 Å². The lowest BCUT2D eigenvalue weighted by Crippen LogP contribution is -2.51. The molecular formula is C34H72N2O7S. The molecule has 0 amide bonds. The molecule has 0 saturated heterocycles. The first-order valence-corrected chi connectivity index (χ1v) is 19.1. The van der Waals surface area contributed by atoms with Gasteiger partial charge >= 0.3 is 11.9 Å².